The fourth-order valence-electron chi connectivity index (χ4n) is 0.574. The molecule has 0 saturated carbocycles. The minimum atomic E-state index is -0.543. The average molecular weight is 214 g/mol. The highest BCUT2D eigenvalue weighted by atomic mass is 16.5. The molecule has 0 aliphatic heterocycles. The van der Waals surface area contributed by atoms with Gasteiger partial charge >= 0.3 is 12.0 Å². The van der Waals surface area contributed by atoms with Gasteiger partial charge in [-0.15, -0.1) is 0 Å². The number of carbonyl (C=O) groups is 2. The third kappa shape index (κ3) is 8.48. The van der Waals surface area contributed by atoms with E-state index in [9.17, 15) is 9.59 Å². The molecular weight excluding hydrogens is 200 g/mol. The van der Waals surface area contributed by atoms with Crippen molar-refractivity contribution in [1.29, 1.82) is 0 Å². The van der Waals surface area contributed by atoms with Gasteiger partial charge in [-0.1, -0.05) is 6.58 Å². The van der Waals surface area contributed by atoms with E-state index in [4.69, 9.17) is 4.74 Å². The molecule has 0 atom stereocenters. The SMILES string of the molecule is C=CC(=O)OCCNC(=O)N=COCC. The highest BCUT2D eigenvalue weighted by Crippen LogP contribution is 1.79. The van der Waals surface area contributed by atoms with Gasteiger partial charge in [0.15, 0.2) is 6.40 Å². The van der Waals surface area contributed by atoms with Gasteiger partial charge < -0.3 is 14.8 Å². The number of esters is 1. The molecule has 0 radical (unpaired) electrons. The van der Waals surface area contributed by atoms with Crippen LogP contribution < -0.4 is 5.32 Å². The summed E-state index contributed by atoms with van der Waals surface area (Å²) < 4.78 is 9.33. The highest BCUT2D eigenvalue weighted by Gasteiger charge is 1.97. The summed E-state index contributed by atoms with van der Waals surface area (Å²) in [6, 6.07) is -0.543. The zero-order valence-electron chi connectivity index (χ0n) is 8.56. The summed E-state index contributed by atoms with van der Waals surface area (Å²) >= 11 is 0. The number of hydrogen-bond acceptors (Lipinski definition) is 4. The summed E-state index contributed by atoms with van der Waals surface area (Å²) in [6.45, 7) is 5.73. The van der Waals surface area contributed by atoms with Crippen LogP contribution in [-0.4, -0.2) is 38.2 Å². The minimum absolute atomic E-state index is 0.0841. The maximum Gasteiger partial charge on any atom is 0.343 e. The van der Waals surface area contributed by atoms with Crippen LogP contribution in [0.15, 0.2) is 17.6 Å². The van der Waals surface area contributed by atoms with Crippen LogP contribution in [-0.2, 0) is 14.3 Å². The highest BCUT2D eigenvalue weighted by molar-refractivity contribution is 5.82. The average Bonchev–Trinajstić information content (AvgIpc) is 2.24. The predicted octanol–water partition coefficient (Wildman–Crippen LogP) is 0.490. The van der Waals surface area contributed by atoms with E-state index in [1.54, 1.807) is 6.92 Å². The monoisotopic (exact) mass is 214 g/mol. The van der Waals surface area contributed by atoms with Crippen molar-refractivity contribution in [2.75, 3.05) is 19.8 Å². The van der Waals surface area contributed by atoms with Gasteiger partial charge in [-0.3, -0.25) is 0 Å². The van der Waals surface area contributed by atoms with Gasteiger partial charge in [0.1, 0.15) is 6.61 Å². The Hall–Kier alpha value is -1.85. The van der Waals surface area contributed by atoms with Crippen molar-refractivity contribution in [3.63, 3.8) is 0 Å². The molecule has 15 heavy (non-hydrogen) atoms. The molecule has 0 heterocycles. The van der Waals surface area contributed by atoms with Crippen LogP contribution in [0.3, 0.4) is 0 Å². The Balaban J connectivity index is 3.46. The van der Waals surface area contributed by atoms with Crippen molar-refractivity contribution in [1.82, 2.24) is 5.32 Å². The Morgan fingerprint density at radius 3 is 2.87 bits per heavy atom. The van der Waals surface area contributed by atoms with Crippen molar-refractivity contribution in [2.45, 2.75) is 6.92 Å². The molecule has 6 heteroatoms. The second-order valence-electron chi connectivity index (χ2n) is 2.29. The number of aliphatic imine (C=N–C) groups is 1. The van der Waals surface area contributed by atoms with Gasteiger partial charge in [0, 0.05) is 6.08 Å². The molecule has 1 N–H and O–H groups in total. The van der Waals surface area contributed by atoms with Gasteiger partial charge in [0.05, 0.1) is 13.2 Å². The number of hydrogen-bond donors (Lipinski definition) is 1. The van der Waals surface area contributed by atoms with Gasteiger partial charge in [-0.05, 0) is 6.92 Å². The van der Waals surface area contributed by atoms with Crippen LogP contribution in [0.4, 0.5) is 4.79 Å². The molecule has 0 aromatic heterocycles. The van der Waals surface area contributed by atoms with Crippen molar-refractivity contribution < 1.29 is 19.1 Å². The van der Waals surface area contributed by atoms with Crippen LogP contribution in [0.5, 0.6) is 0 Å². The fraction of sp³-hybridized carbons (Fsp3) is 0.444. The predicted molar refractivity (Wildman–Crippen MR) is 54.7 cm³/mol. The minimum Gasteiger partial charge on any atom is -0.483 e. The van der Waals surface area contributed by atoms with Crippen LogP contribution in [0.2, 0.25) is 0 Å². The molecule has 6 nitrogen and oxygen atoms in total. The van der Waals surface area contributed by atoms with Crippen molar-refractivity contribution in [3.05, 3.63) is 12.7 Å². The number of nitrogens with one attached hydrogen (secondary N) is 1. The van der Waals surface area contributed by atoms with Crippen LogP contribution in [0.25, 0.3) is 0 Å². The molecule has 0 bridgehead atoms. The van der Waals surface area contributed by atoms with Gasteiger partial charge in [-0.25, -0.2) is 9.59 Å². The van der Waals surface area contributed by atoms with Gasteiger partial charge in [0.25, 0.3) is 0 Å². The quantitative estimate of drug-likeness (QED) is 0.229. The molecule has 0 rings (SSSR count). The molecule has 0 saturated heterocycles. The first-order chi connectivity index (χ1) is 7.20. The molecule has 0 aromatic rings. The largest absolute Gasteiger partial charge is 0.483 e. The third-order valence-corrected chi connectivity index (χ3v) is 1.20. The molecule has 84 valence electrons. The van der Waals surface area contributed by atoms with Gasteiger partial charge in [-0.2, -0.15) is 4.99 Å². The van der Waals surface area contributed by atoms with E-state index in [1.807, 2.05) is 0 Å². The Bertz CT molecular complexity index is 250. The smallest absolute Gasteiger partial charge is 0.343 e. The van der Waals surface area contributed by atoms with E-state index >= 15 is 0 Å². The summed E-state index contributed by atoms with van der Waals surface area (Å²) in [7, 11) is 0. The number of ether oxygens (including phenoxy) is 2. The maximum absolute atomic E-state index is 10.9. The number of carbonyl (C=O) groups excluding carboxylic acids is 2. The normalized spacial score (nSPS) is 9.67. The second-order valence-corrected chi connectivity index (χ2v) is 2.29. The molecular formula is C9H14N2O4. The standard InChI is InChI=1S/C9H14N2O4/c1-3-8(12)15-6-5-10-9(13)11-7-14-4-2/h3,7H,1,4-6H2,2H3,(H,10,13). The zero-order chi connectivity index (χ0) is 11.5. The van der Waals surface area contributed by atoms with E-state index in [-0.39, 0.29) is 13.2 Å². The zero-order valence-corrected chi connectivity index (χ0v) is 8.56. The fourth-order valence-corrected chi connectivity index (χ4v) is 0.574. The summed E-state index contributed by atoms with van der Waals surface area (Å²) in [5.41, 5.74) is 0. The lowest BCUT2D eigenvalue weighted by molar-refractivity contribution is -0.137. The molecule has 0 aliphatic carbocycles. The van der Waals surface area contributed by atoms with E-state index < -0.39 is 12.0 Å². The lowest BCUT2D eigenvalue weighted by Crippen LogP contribution is -2.25. The maximum atomic E-state index is 10.9. The number of amides is 2. The first kappa shape index (κ1) is 13.2. The van der Waals surface area contributed by atoms with Crippen molar-refractivity contribution >= 4 is 18.4 Å². The molecule has 0 aliphatic rings. The Morgan fingerprint density at radius 1 is 1.53 bits per heavy atom. The van der Waals surface area contributed by atoms with Crippen molar-refractivity contribution in [3.8, 4) is 0 Å². The Kier molecular flexibility index (Phi) is 7.66. The summed E-state index contributed by atoms with van der Waals surface area (Å²) in [5, 5.41) is 2.39. The number of urea groups is 1. The van der Waals surface area contributed by atoms with Gasteiger partial charge in [0.2, 0.25) is 0 Å². The molecule has 0 aromatic carbocycles. The van der Waals surface area contributed by atoms with E-state index in [0.29, 0.717) is 6.61 Å². The van der Waals surface area contributed by atoms with E-state index in [1.165, 1.54) is 0 Å². The molecule has 0 spiro atoms. The number of nitrogens with zero attached hydrogens (tertiary/aromatic N) is 1. The first-order valence-corrected chi connectivity index (χ1v) is 4.41. The summed E-state index contributed by atoms with van der Waals surface area (Å²) in [5.74, 6) is -0.526. The third-order valence-electron chi connectivity index (χ3n) is 1.20. The molecule has 2 amide bonds. The van der Waals surface area contributed by atoms with Crippen LogP contribution >= 0.6 is 0 Å². The lowest BCUT2D eigenvalue weighted by atomic mass is 10.6. The summed E-state index contributed by atoms with van der Waals surface area (Å²) in [6.07, 6.45) is 2.11. The Labute approximate surface area is 88.0 Å². The van der Waals surface area contributed by atoms with Crippen LogP contribution in [0, 0.1) is 0 Å². The molecule has 0 fully saturated rings. The first-order valence-electron chi connectivity index (χ1n) is 4.41. The van der Waals surface area contributed by atoms with E-state index in [2.05, 4.69) is 21.6 Å². The topological polar surface area (TPSA) is 77.0 Å². The van der Waals surface area contributed by atoms with E-state index in [0.717, 1.165) is 12.5 Å². The molecule has 0 unspecified atom stereocenters. The summed E-state index contributed by atoms with van der Waals surface area (Å²) in [4.78, 5) is 24.8. The second kappa shape index (κ2) is 8.74. The number of rotatable bonds is 6. The lowest BCUT2D eigenvalue weighted by Gasteiger charge is -2.01. The Morgan fingerprint density at radius 2 is 2.27 bits per heavy atom. The van der Waals surface area contributed by atoms with Crippen molar-refractivity contribution in [2.24, 2.45) is 4.99 Å². The van der Waals surface area contributed by atoms with Crippen LogP contribution in [0.1, 0.15) is 6.92 Å².